The van der Waals surface area contributed by atoms with Crippen molar-refractivity contribution in [3.05, 3.63) is 111 Å². The Kier molecular flexibility index (Phi) is 8.94. The first kappa shape index (κ1) is 33.3. The molecule has 3 amide bonds. The van der Waals surface area contributed by atoms with Gasteiger partial charge in [-0.05, 0) is 48.0 Å². The minimum Gasteiger partial charge on any atom is -0.345 e. The van der Waals surface area contributed by atoms with Gasteiger partial charge in [-0.2, -0.15) is 26.3 Å². The summed E-state index contributed by atoms with van der Waals surface area (Å²) in [5.74, 6) is -5.89. The number of amides is 3. The molecule has 2 aromatic heterocycles. The second-order valence-corrected chi connectivity index (χ2v) is 10.6. The van der Waals surface area contributed by atoms with Gasteiger partial charge >= 0.3 is 12.4 Å². The number of hydrogen-bond acceptors (Lipinski definition) is 5. The van der Waals surface area contributed by atoms with Crippen LogP contribution in [0.25, 0.3) is 0 Å². The molecule has 0 bridgehead atoms. The fourth-order valence-electron chi connectivity index (χ4n) is 4.75. The summed E-state index contributed by atoms with van der Waals surface area (Å²) in [6.07, 6.45) is -9.07. The van der Waals surface area contributed by atoms with Crippen molar-refractivity contribution in [1.29, 1.82) is 0 Å². The highest BCUT2D eigenvalue weighted by Crippen LogP contribution is 2.36. The van der Waals surface area contributed by atoms with E-state index in [1.807, 2.05) is 0 Å². The zero-order valence-electron chi connectivity index (χ0n) is 23.4. The van der Waals surface area contributed by atoms with Gasteiger partial charge in [-0.1, -0.05) is 17.7 Å². The average molecular weight is 687 g/mol. The standard InChI is InChI=1S/C29H19ClF8N6O3/c30-19-3-2-16(31)10-18(19)22-23-24(43-26(46)14-7-15(28(33,34)35)9-17(32)8-14)42-25(44(23)6-5-21(45)41-22)27(47)40-12-13-1-4-20(39-11-13)29(36,37)38/h1-4,7-11,22H,5-6,12H2,(H,40,47)(H,41,45)(H,43,46). The summed E-state index contributed by atoms with van der Waals surface area (Å²) in [6, 6.07) is 4.71. The molecule has 3 N–H and O–H groups in total. The Hall–Kier alpha value is -5.06. The van der Waals surface area contributed by atoms with Gasteiger partial charge in [0.05, 0.1) is 17.3 Å². The van der Waals surface area contributed by atoms with E-state index in [1.54, 1.807) is 0 Å². The van der Waals surface area contributed by atoms with E-state index >= 15 is 0 Å². The molecule has 0 saturated heterocycles. The Bertz CT molecular complexity index is 1880. The zero-order valence-corrected chi connectivity index (χ0v) is 24.1. The maximum atomic E-state index is 14.3. The van der Waals surface area contributed by atoms with Crippen molar-refractivity contribution >= 4 is 35.1 Å². The molecule has 2 aromatic carbocycles. The summed E-state index contributed by atoms with van der Waals surface area (Å²) in [5.41, 5.74) is -3.39. The molecule has 47 heavy (non-hydrogen) atoms. The lowest BCUT2D eigenvalue weighted by molar-refractivity contribution is -0.141. The predicted octanol–water partition coefficient (Wildman–Crippen LogP) is 6.04. The Balaban J connectivity index is 1.56. The van der Waals surface area contributed by atoms with Crippen LogP contribution in [0, 0.1) is 11.6 Å². The molecule has 0 fully saturated rings. The monoisotopic (exact) mass is 686 g/mol. The maximum absolute atomic E-state index is 14.3. The molecule has 18 heteroatoms. The van der Waals surface area contributed by atoms with Gasteiger partial charge in [0.2, 0.25) is 11.7 Å². The van der Waals surface area contributed by atoms with Crippen LogP contribution in [0.1, 0.15) is 61.5 Å². The van der Waals surface area contributed by atoms with Crippen molar-refractivity contribution in [3.63, 3.8) is 0 Å². The third-order valence-corrected chi connectivity index (χ3v) is 7.25. The molecule has 3 heterocycles. The number of aromatic nitrogens is 3. The van der Waals surface area contributed by atoms with Crippen LogP contribution in [0.3, 0.4) is 0 Å². The van der Waals surface area contributed by atoms with Crippen LogP contribution in [0.2, 0.25) is 5.02 Å². The van der Waals surface area contributed by atoms with Crippen molar-refractivity contribution in [2.75, 3.05) is 5.32 Å². The molecule has 1 aliphatic heterocycles. The summed E-state index contributed by atoms with van der Waals surface area (Å²) >= 11 is 6.32. The minimum atomic E-state index is -5.00. The number of imidazole rings is 1. The van der Waals surface area contributed by atoms with Crippen molar-refractivity contribution < 1.29 is 49.5 Å². The molecule has 0 saturated carbocycles. The van der Waals surface area contributed by atoms with Gasteiger partial charge in [0, 0.05) is 41.9 Å². The van der Waals surface area contributed by atoms with Crippen molar-refractivity contribution in [2.45, 2.75) is 37.9 Å². The van der Waals surface area contributed by atoms with E-state index in [4.69, 9.17) is 11.6 Å². The van der Waals surface area contributed by atoms with Gasteiger partial charge in [-0.15, -0.1) is 0 Å². The fourth-order valence-corrected chi connectivity index (χ4v) is 4.97. The maximum Gasteiger partial charge on any atom is 0.433 e. The Morgan fingerprint density at radius 1 is 0.957 bits per heavy atom. The molecule has 1 aliphatic rings. The third-order valence-electron chi connectivity index (χ3n) is 6.91. The molecule has 0 spiro atoms. The van der Waals surface area contributed by atoms with E-state index in [2.05, 4.69) is 25.9 Å². The topological polar surface area (TPSA) is 118 Å². The molecule has 4 aromatic rings. The Morgan fingerprint density at radius 2 is 1.70 bits per heavy atom. The number of nitrogens with one attached hydrogen (secondary N) is 3. The Morgan fingerprint density at radius 3 is 2.36 bits per heavy atom. The molecular weight excluding hydrogens is 668 g/mol. The van der Waals surface area contributed by atoms with Gasteiger partial charge in [0.25, 0.3) is 11.8 Å². The van der Waals surface area contributed by atoms with Crippen LogP contribution in [0.4, 0.5) is 40.9 Å². The second kappa shape index (κ2) is 12.6. The summed E-state index contributed by atoms with van der Waals surface area (Å²) in [4.78, 5) is 46.8. The predicted molar refractivity (Wildman–Crippen MR) is 148 cm³/mol. The number of carbonyl (C=O) groups excluding carboxylic acids is 3. The van der Waals surface area contributed by atoms with E-state index in [9.17, 15) is 49.5 Å². The lowest BCUT2D eigenvalue weighted by atomic mass is 10.0. The van der Waals surface area contributed by atoms with Crippen molar-refractivity contribution in [3.8, 4) is 0 Å². The first-order valence-corrected chi connectivity index (χ1v) is 13.7. The van der Waals surface area contributed by atoms with Crippen molar-refractivity contribution in [1.82, 2.24) is 25.2 Å². The van der Waals surface area contributed by atoms with Crippen LogP contribution < -0.4 is 16.0 Å². The highest BCUT2D eigenvalue weighted by Gasteiger charge is 2.36. The number of rotatable bonds is 6. The van der Waals surface area contributed by atoms with E-state index in [1.165, 1.54) is 10.6 Å². The molecule has 246 valence electrons. The highest BCUT2D eigenvalue weighted by atomic mass is 35.5. The van der Waals surface area contributed by atoms with E-state index in [0.717, 1.165) is 24.4 Å². The third kappa shape index (κ3) is 7.34. The van der Waals surface area contributed by atoms with E-state index in [-0.39, 0.29) is 47.4 Å². The summed E-state index contributed by atoms with van der Waals surface area (Å²) < 4.78 is 108. The molecule has 9 nitrogen and oxygen atoms in total. The van der Waals surface area contributed by atoms with Gasteiger partial charge in [0.15, 0.2) is 5.82 Å². The van der Waals surface area contributed by atoms with Gasteiger partial charge in [-0.25, -0.2) is 13.8 Å². The molecule has 5 rings (SSSR count). The summed E-state index contributed by atoms with van der Waals surface area (Å²) in [6.45, 7) is -0.579. The van der Waals surface area contributed by atoms with E-state index in [0.29, 0.717) is 18.2 Å². The van der Waals surface area contributed by atoms with Gasteiger partial charge in [0.1, 0.15) is 17.3 Å². The number of anilines is 1. The second-order valence-electron chi connectivity index (χ2n) is 10.1. The number of halogens is 9. The summed E-state index contributed by atoms with van der Waals surface area (Å²) in [7, 11) is 0. The average Bonchev–Trinajstić information content (AvgIpc) is 3.25. The van der Waals surface area contributed by atoms with E-state index < -0.39 is 76.2 Å². The smallest absolute Gasteiger partial charge is 0.345 e. The first-order chi connectivity index (χ1) is 22.0. The Labute approximate surface area is 264 Å². The van der Waals surface area contributed by atoms with Crippen LogP contribution in [-0.2, 0) is 30.2 Å². The van der Waals surface area contributed by atoms with Gasteiger partial charge in [-0.3, -0.25) is 19.4 Å². The van der Waals surface area contributed by atoms with Crippen molar-refractivity contribution in [2.24, 2.45) is 0 Å². The number of pyridine rings is 1. The van der Waals surface area contributed by atoms with Crippen LogP contribution in [0.15, 0.2) is 54.7 Å². The number of alkyl halides is 6. The normalized spacial score (nSPS) is 15.0. The first-order valence-electron chi connectivity index (χ1n) is 13.4. The molecule has 0 aliphatic carbocycles. The fraction of sp³-hybridized carbons (Fsp3) is 0.207. The molecule has 1 atom stereocenters. The number of fused-ring (bicyclic) bond motifs is 1. The van der Waals surface area contributed by atoms with Crippen LogP contribution in [-0.4, -0.2) is 32.3 Å². The SMILES string of the molecule is O=C1CCn2c(C(=O)NCc3ccc(C(F)(F)F)nc3)nc(NC(=O)c3cc(F)cc(C(F)(F)F)c3)c2C(c2cc(F)ccc2Cl)N1. The number of benzene rings is 2. The lowest BCUT2D eigenvalue weighted by Gasteiger charge is -2.20. The molecule has 0 radical (unpaired) electrons. The van der Waals surface area contributed by atoms with Gasteiger partial charge < -0.3 is 20.5 Å². The number of hydrogen-bond donors (Lipinski definition) is 3. The minimum absolute atomic E-state index is 0.0357. The van der Waals surface area contributed by atoms with Crippen LogP contribution >= 0.6 is 11.6 Å². The number of nitrogens with zero attached hydrogens (tertiary/aromatic N) is 3. The quantitative estimate of drug-likeness (QED) is 0.214. The largest absolute Gasteiger partial charge is 0.433 e. The zero-order chi connectivity index (χ0) is 34.3. The number of carbonyl (C=O) groups is 3. The molecular formula is C29H19ClF8N6O3. The molecule has 1 unspecified atom stereocenters. The highest BCUT2D eigenvalue weighted by molar-refractivity contribution is 6.31. The summed E-state index contributed by atoms with van der Waals surface area (Å²) in [5, 5.41) is 7.23. The lowest BCUT2D eigenvalue weighted by Crippen LogP contribution is -2.29. The van der Waals surface area contributed by atoms with Crippen LogP contribution in [0.5, 0.6) is 0 Å².